The van der Waals surface area contributed by atoms with E-state index in [-0.39, 0.29) is 6.04 Å². The third-order valence-corrected chi connectivity index (χ3v) is 1.97. The number of hydrogen-bond acceptors (Lipinski definition) is 1. The van der Waals surface area contributed by atoms with Crippen molar-refractivity contribution in [3.05, 3.63) is 34.9 Å². The SMILES string of the molecule is CC(C)N=C(CF)c1ccc(Cl)cc1. The molecule has 0 N–H and O–H groups in total. The summed E-state index contributed by atoms with van der Waals surface area (Å²) in [6.45, 7) is 3.30. The lowest BCUT2D eigenvalue weighted by molar-refractivity contribution is 0.578. The number of alkyl halides is 1. The van der Waals surface area contributed by atoms with Gasteiger partial charge >= 0.3 is 0 Å². The van der Waals surface area contributed by atoms with Crippen LogP contribution in [0.2, 0.25) is 5.02 Å². The largest absolute Gasteiger partial charge is 0.284 e. The van der Waals surface area contributed by atoms with Crippen molar-refractivity contribution in [1.82, 2.24) is 0 Å². The zero-order valence-electron chi connectivity index (χ0n) is 8.30. The summed E-state index contributed by atoms with van der Waals surface area (Å²) in [6, 6.07) is 7.15. The Hall–Kier alpha value is -0.890. The van der Waals surface area contributed by atoms with Crippen molar-refractivity contribution in [3.63, 3.8) is 0 Å². The average Bonchev–Trinajstić information content (AvgIpc) is 2.15. The lowest BCUT2D eigenvalue weighted by Gasteiger charge is -2.04. The Morgan fingerprint density at radius 3 is 2.36 bits per heavy atom. The topological polar surface area (TPSA) is 12.4 Å². The molecule has 76 valence electrons. The van der Waals surface area contributed by atoms with Crippen LogP contribution in [-0.2, 0) is 0 Å². The third kappa shape index (κ3) is 3.11. The molecule has 0 amide bonds. The monoisotopic (exact) mass is 213 g/mol. The van der Waals surface area contributed by atoms with Gasteiger partial charge in [-0.2, -0.15) is 0 Å². The Labute approximate surface area is 88.6 Å². The van der Waals surface area contributed by atoms with Crippen molar-refractivity contribution in [2.75, 3.05) is 6.67 Å². The molecule has 1 aromatic carbocycles. The molecule has 0 saturated heterocycles. The Balaban J connectivity index is 2.95. The first-order chi connectivity index (χ1) is 6.63. The van der Waals surface area contributed by atoms with Gasteiger partial charge in [-0.15, -0.1) is 0 Å². The molecule has 1 nitrogen and oxygen atoms in total. The van der Waals surface area contributed by atoms with Gasteiger partial charge in [0.2, 0.25) is 0 Å². The van der Waals surface area contributed by atoms with Crippen LogP contribution in [0, 0.1) is 0 Å². The van der Waals surface area contributed by atoms with Crippen LogP contribution in [0.25, 0.3) is 0 Å². The highest BCUT2D eigenvalue weighted by molar-refractivity contribution is 6.30. The molecule has 0 aliphatic carbocycles. The van der Waals surface area contributed by atoms with Gasteiger partial charge in [0.25, 0.3) is 0 Å². The van der Waals surface area contributed by atoms with E-state index in [4.69, 9.17) is 11.6 Å². The van der Waals surface area contributed by atoms with Gasteiger partial charge in [0.15, 0.2) is 0 Å². The molecule has 0 atom stereocenters. The molecule has 0 fully saturated rings. The molecule has 0 bridgehead atoms. The minimum Gasteiger partial charge on any atom is -0.284 e. The van der Waals surface area contributed by atoms with E-state index in [1.807, 2.05) is 13.8 Å². The first-order valence-electron chi connectivity index (χ1n) is 4.52. The quantitative estimate of drug-likeness (QED) is 0.682. The lowest BCUT2D eigenvalue weighted by Crippen LogP contribution is -2.06. The van der Waals surface area contributed by atoms with Crippen LogP contribution in [0.4, 0.5) is 4.39 Å². The van der Waals surface area contributed by atoms with Gasteiger partial charge in [-0.25, -0.2) is 4.39 Å². The predicted molar refractivity (Wildman–Crippen MR) is 59.1 cm³/mol. The number of aliphatic imine (C=N–C) groups is 1. The van der Waals surface area contributed by atoms with Crippen LogP contribution in [0.1, 0.15) is 19.4 Å². The van der Waals surface area contributed by atoms with Crippen LogP contribution < -0.4 is 0 Å². The molecule has 14 heavy (non-hydrogen) atoms. The van der Waals surface area contributed by atoms with Crippen LogP contribution in [0.15, 0.2) is 29.3 Å². The summed E-state index contributed by atoms with van der Waals surface area (Å²) >= 11 is 5.73. The van der Waals surface area contributed by atoms with E-state index < -0.39 is 6.67 Å². The van der Waals surface area contributed by atoms with Crippen molar-refractivity contribution in [3.8, 4) is 0 Å². The zero-order valence-corrected chi connectivity index (χ0v) is 9.05. The number of halogens is 2. The second-order valence-electron chi connectivity index (χ2n) is 3.31. The molecule has 0 radical (unpaired) electrons. The Morgan fingerprint density at radius 1 is 1.36 bits per heavy atom. The van der Waals surface area contributed by atoms with Crippen molar-refractivity contribution < 1.29 is 4.39 Å². The summed E-state index contributed by atoms with van der Waals surface area (Å²) in [7, 11) is 0. The van der Waals surface area contributed by atoms with Crippen LogP contribution in [0.3, 0.4) is 0 Å². The first-order valence-corrected chi connectivity index (χ1v) is 4.90. The number of hydrogen-bond donors (Lipinski definition) is 0. The summed E-state index contributed by atoms with van der Waals surface area (Å²) in [4.78, 5) is 4.19. The van der Waals surface area contributed by atoms with Crippen LogP contribution >= 0.6 is 11.6 Å². The van der Waals surface area contributed by atoms with E-state index in [2.05, 4.69) is 4.99 Å². The normalized spacial score (nSPS) is 12.2. The molecule has 0 heterocycles. The zero-order chi connectivity index (χ0) is 10.6. The molecule has 3 heteroatoms. The van der Waals surface area contributed by atoms with Gasteiger partial charge in [0, 0.05) is 11.1 Å². The summed E-state index contributed by atoms with van der Waals surface area (Å²) in [6.07, 6.45) is 0. The molecular formula is C11H13ClFN. The minimum absolute atomic E-state index is 0.108. The van der Waals surface area contributed by atoms with Crippen molar-refractivity contribution in [1.29, 1.82) is 0 Å². The maximum atomic E-state index is 12.6. The minimum atomic E-state index is -0.542. The van der Waals surface area contributed by atoms with E-state index >= 15 is 0 Å². The highest BCUT2D eigenvalue weighted by Crippen LogP contribution is 2.11. The highest BCUT2D eigenvalue weighted by atomic mass is 35.5. The Kier molecular flexibility index (Phi) is 4.08. The van der Waals surface area contributed by atoms with Crippen molar-refractivity contribution >= 4 is 17.3 Å². The van der Waals surface area contributed by atoms with E-state index in [1.165, 1.54) is 0 Å². The molecule has 0 aliphatic rings. The summed E-state index contributed by atoms with van der Waals surface area (Å²) in [5.41, 5.74) is 1.28. The molecule has 1 aromatic rings. The second-order valence-corrected chi connectivity index (χ2v) is 3.75. The average molecular weight is 214 g/mol. The second kappa shape index (κ2) is 5.11. The molecule has 0 unspecified atom stereocenters. The van der Waals surface area contributed by atoms with Gasteiger partial charge in [0.1, 0.15) is 6.67 Å². The molecule has 0 saturated carbocycles. The maximum Gasteiger partial charge on any atom is 0.132 e. The third-order valence-electron chi connectivity index (χ3n) is 1.72. The molecule has 0 spiro atoms. The van der Waals surface area contributed by atoms with E-state index in [0.717, 1.165) is 5.56 Å². The summed E-state index contributed by atoms with van der Waals surface area (Å²) in [5, 5.41) is 0.650. The number of rotatable bonds is 3. The Bertz CT molecular complexity index is 317. The Morgan fingerprint density at radius 2 is 1.93 bits per heavy atom. The smallest absolute Gasteiger partial charge is 0.132 e. The van der Waals surface area contributed by atoms with Crippen LogP contribution in [-0.4, -0.2) is 18.4 Å². The molecule has 0 aromatic heterocycles. The van der Waals surface area contributed by atoms with Crippen molar-refractivity contribution in [2.45, 2.75) is 19.9 Å². The molecular weight excluding hydrogens is 201 g/mol. The standard InChI is InChI=1S/C11H13ClFN/c1-8(2)14-11(7-13)9-3-5-10(12)6-4-9/h3-6,8H,7H2,1-2H3. The first kappa shape index (κ1) is 11.2. The fraction of sp³-hybridized carbons (Fsp3) is 0.364. The predicted octanol–water partition coefficient (Wildman–Crippen LogP) is 3.51. The molecule has 0 aliphatic heterocycles. The van der Waals surface area contributed by atoms with Gasteiger partial charge in [-0.3, -0.25) is 4.99 Å². The van der Waals surface area contributed by atoms with Gasteiger partial charge in [0.05, 0.1) is 5.71 Å². The maximum absolute atomic E-state index is 12.6. The van der Waals surface area contributed by atoms with E-state index in [1.54, 1.807) is 24.3 Å². The summed E-state index contributed by atoms with van der Waals surface area (Å²) < 4.78 is 12.6. The molecule has 1 rings (SSSR count). The van der Waals surface area contributed by atoms with Crippen LogP contribution in [0.5, 0.6) is 0 Å². The highest BCUT2D eigenvalue weighted by Gasteiger charge is 2.03. The fourth-order valence-electron chi connectivity index (χ4n) is 1.14. The van der Waals surface area contributed by atoms with Gasteiger partial charge in [-0.1, -0.05) is 23.7 Å². The lowest BCUT2D eigenvalue weighted by atomic mass is 10.1. The van der Waals surface area contributed by atoms with E-state index in [0.29, 0.717) is 10.7 Å². The van der Waals surface area contributed by atoms with Gasteiger partial charge < -0.3 is 0 Å². The van der Waals surface area contributed by atoms with Crippen molar-refractivity contribution in [2.24, 2.45) is 4.99 Å². The number of benzene rings is 1. The van der Waals surface area contributed by atoms with E-state index in [9.17, 15) is 4.39 Å². The summed E-state index contributed by atoms with van der Waals surface area (Å²) in [5.74, 6) is 0. The fourth-order valence-corrected chi connectivity index (χ4v) is 1.27. The number of nitrogens with zero attached hydrogens (tertiary/aromatic N) is 1. The van der Waals surface area contributed by atoms with Gasteiger partial charge in [-0.05, 0) is 31.5 Å².